The van der Waals surface area contributed by atoms with Crippen molar-refractivity contribution in [1.29, 1.82) is 0 Å². The third-order valence-electron chi connectivity index (χ3n) is 2.94. The van der Waals surface area contributed by atoms with E-state index in [0.717, 1.165) is 0 Å². The first kappa shape index (κ1) is 15.5. The van der Waals surface area contributed by atoms with Crippen LogP contribution in [0.15, 0.2) is 42.7 Å². The van der Waals surface area contributed by atoms with E-state index in [4.69, 9.17) is 14.2 Å². The third-order valence-corrected chi connectivity index (χ3v) is 2.94. The van der Waals surface area contributed by atoms with Gasteiger partial charge in [0.1, 0.15) is 11.5 Å². The first-order valence-electron chi connectivity index (χ1n) is 6.48. The van der Waals surface area contributed by atoms with E-state index >= 15 is 0 Å². The van der Waals surface area contributed by atoms with Crippen molar-refractivity contribution in [2.75, 3.05) is 20.8 Å². The van der Waals surface area contributed by atoms with Gasteiger partial charge in [0, 0.05) is 18.5 Å². The van der Waals surface area contributed by atoms with E-state index in [2.05, 4.69) is 4.98 Å². The molecule has 22 heavy (non-hydrogen) atoms. The Labute approximate surface area is 127 Å². The number of nitrogens with zero attached hydrogens (tertiary/aromatic N) is 1. The van der Waals surface area contributed by atoms with E-state index in [1.165, 1.54) is 20.4 Å². The second-order valence-electron chi connectivity index (χ2n) is 4.31. The number of methoxy groups -OCH3 is 2. The number of Topliss-reactive ketones (excluding diaryl/α,β-unsaturated/α-hetero) is 1. The predicted octanol–water partition coefficient (Wildman–Crippen LogP) is 2.14. The maximum absolute atomic E-state index is 12.1. The molecule has 0 unspecified atom stereocenters. The number of rotatable bonds is 6. The monoisotopic (exact) mass is 301 g/mol. The highest BCUT2D eigenvalue weighted by molar-refractivity contribution is 6.01. The van der Waals surface area contributed by atoms with Crippen molar-refractivity contribution in [2.45, 2.75) is 0 Å². The third kappa shape index (κ3) is 3.60. The molecule has 6 nitrogen and oxygen atoms in total. The van der Waals surface area contributed by atoms with Crippen LogP contribution in [-0.4, -0.2) is 37.6 Å². The number of hydrogen-bond acceptors (Lipinski definition) is 6. The topological polar surface area (TPSA) is 74.7 Å². The maximum atomic E-state index is 12.1. The molecular formula is C16H15NO5. The van der Waals surface area contributed by atoms with Crippen LogP contribution in [0.1, 0.15) is 20.7 Å². The zero-order chi connectivity index (χ0) is 15.9. The molecule has 114 valence electrons. The Hall–Kier alpha value is -2.89. The minimum atomic E-state index is -0.603. The number of pyridine rings is 1. The second kappa shape index (κ2) is 7.21. The number of benzene rings is 1. The highest BCUT2D eigenvalue weighted by Gasteiger charge is 2.16. The molecule has 6 heteroatoms. The zero-order valence-corrected chi connectivity index (χ0v) is 12.2. The molecule has 0 aliphatic heterocycles. The summed E-state index contributed by atoms with van der Waals surface area (Å²) < 4.78 is 15.2. The molecule has 2 aromatic rings. The highest BCUT2D eigenvalue weighted by atomic mass is 16.5. The van der Waals surface area contributed by atoms with Gasteiger partial charge < -0.3 is 14.2 Å². The molecule has 0 atom stereocenters. The van der Waals surface area contributed by atoms with Gasteiger partial charge in [-0.1, -0.05) is 0 Å². The molecule has 0 saturated heterocycles. The van der Waals surface area contributed by atoms with Gasteiger partial charge >= 0.3 is 5.97 Å². The van der Waals surface area contributed by atoms with E-state index in [1.54, 1.807) is 36.5 Å². The lowest BCUT2D eigenvalue weighted by molar-refractivity contribution is 0.0473. The van der Waals surface area contributed by atoms with Crippen LogP contribution in [0.3, 0.4) is 0 Å². The molecule has 0 saturated carbocycles. The van der Waals surface area contributed by atoms with Gasteiger partial charge in [-0.05, 0) is 24.3 Å². The molecular weight excluding hydrogens is 286 g/mol. The van der Waals surface area contributed by atoms with Crippen molar-refractivity contribution in [2.24, 2.45) is 0 Å². The molecule has 0 aliphatic rings. The largest absolute Gasteiger partial charge is 0.497 e. The Balaban J connectivity index is 2.05. The summed E-state index contributed by atoms with van der Waals surface area (Å²) in [5.41, 5.74) is 0.610. The van der Waals surface area contributed by atoms with Gasteiger partial charge in [0.15, 0.2) is 6.61 Å². The molecule has 0 amide bonds. The molecule has 0 spiro atoms. The number of aromatic nitrogens is 1. The summed E-state index contributed by atoms with van der Waals surface area (Å²) in [6.07, 6.45) is 2.92. The van der Waals surface area contributed by atoms with Crippen LogP contribution in [0.25, 0.3) is 0 Å². The van der Waals surface area contributed by atoms with Crippen molar-refractivity contribution in [3.8, 4) is 11.5 Å². The minimum Gasteiger partial charge on any atom is -0.497 e. The fraction of sp³-hybridized carbons (Fsp3) is 0.188. The fourth-order valence-electron chi connectivity index (χ4n) is 1.80. The summed E-state index contributed by atoms with van der Waals surface area (Å²) in [6, 6.07) is 7.98. The van der Waals surface area contributed by atoms with Crippen LogP contribution in [-0.2, 0) is 4.74 Å². The van der Waals surface area contributed by atoms with Crippen molar-refractivity contribution in [3.05, 3.63) is 53.9 Å². The summed E-state index contributed by atoms with van der Waals surface area (Å²) in [7, 11) is 2.97. The molecule has 0 N–H and O–H groups in total. The highest BCUT2D eigenvalue weighted by Crippen LogP contribution is 2.25. The van der Waals surface area contributed by atoms with E-state index in [-0.39, 0.29) is 18.0 Å². The van der Waals surface area contributed by atoms with E-state index in [1.807, 2.05) is 0 Å². The molecule has 0 aliphatic carbocycles. The molecule has 0 radical (unpaired) electrons. The Kier molecular flexibility index (Phi) is 5.08. The summed E-state index contributed by atoms with van der Waals surface area (Å²) >= 11 is 0. The van der Waals surface area contributed by atoms with Crippen LogP contribution < -0.4 is 9.47 Å². The number of ether oxygens (including phenoxy) is 3. The maximum Gasteiger partial charge on any atom is 0.340 e. The smallest absolute Gasteiger partial charge is 0.340 e. The Bertz CT molecular complexity index is 669. The Morgan fingerprint density at radius 1 is 1.14 bits per heavy atom. The van der Waals surface area contributed by atoms with Gasteiger partial charge in [0.25, 0.3) is 0 Å². The van der Waals surface area contributed by atoms with Crippen molar-refractivity contribution >= 4 is 11.8 Å². The van der Waals surface area contributed by atoms with Crippen LogP contribution in [0.2, 0.25) is 0 Å². The van der Waals surface area contributed by atoms with Crippen molar-refractivity contribution in [1.82, 2.24) is 4.98 Å². The number of carbonyl (C=O) groups excluding carboxylic acids is 2. The minimum absolute atomic E-state index is 0.289. The standard InChI is InChI=1S/C16H15NO5/c1-20-12-5-6-13(15(8-12)21-2)14(18)10-22-16(19)11-4-3-7-17-9-11/h3-9H,10H2,1-2H3. The van der Waals surface area contributed by atoms with Gasteiger partial charge in [0.05, 0.1) is 25.3 Å². The van der Waals surface area contributed by atoms with Gasteiger partial charge in [0.2, 0.25) is 5.78 Å². The molecule has 1 heterocycles. The lowest BCUT2D eigenvalue weighted by Gasteiger charge is -2.10. The molecule has 1 aromatic carbocycles. The van der Waals surface area contributed by atoms with Crippen molar-refractivity contribution < 1.29 is 23.8 Å². The van der Waals surface area contributed by atoms with Crippen LogP contribution in [0, 0.1) is 0 Å². The molecule has 1 aromatic heterocycles. The summed E-state index contributed by atoms with van der Waals surface area (Å²) in [5, 5.41) is 0. The SMILES string of the molecule is COc1ccc(C(=O)COC(=O)c2cccnc2)c(OC)c1. The van der Waals surface area contributed by atoms with E-state index in [9.17, 15) is 9.59 Å². The van der Waals surface area contributed by atoms with Crippen LogP contribution in [0.5, 0.6) is 11.5 Å². The second-order valence-corrected chi connectivity index (χ2v) is 4.31. The van der Waals surface area contributed by atoms with E-state index < -0.39 is 5.97 Å². The average Bonchev–Trinajstić information content (AvgIpc) is 2.59. The van der Waals surface area contributed by atoms with Gasteiger partial charge in [-0.2, -0.15) is 0 Å². The van der Waals surface area contributed by atoms with E-state index in [0.29, 0.717) is 17.1 Å². The average molecular weight is 301 g/mol. The first-order chi connectivity index (χ1) is 10.7. The van der Waals surface area contributed by atoms with Crippen LogP contribution in [0.4, 0.5) is 0 Å². The number of hydrogen-bond donors (Lipinski definition) is 0. The summed E-state index contributed by atoms with van der Waals surface area (Å²) in [6.45, 7) is -0.379. The first-order valence-corrected chi connectivity index (χ1v) is 6.48. The molecule has 0 bridgehead atoms. The molecule has 0 fully saturated rings. The lowest BCUT2D eigenvalue weighted by Crippen LogP contribution is -2.15. The number of ketones is 1. The Morgan fingerprint density at radius 2 is 1.95 bits per heavy atom. The van der Waals surface area contributed by atoms with Gasteiger partial charge in [-0.15, -0.1) is 0 Å². The van der Waals surface area contributed by atoms with Gasteiger partial charge in [-0.25, -0.2) is 4.79 Å². The van der Waals surface area contributed by atoms with Crippen molar-refractivity contribution in [3.63, 3.8) is 0 Å². The molecule has 2 rings (SSSR count). The van der Waals surface area contributed by atoms with Crippen LogP contribution >= 0.6 is 0 Å². The lowest BCUT2D eigenvalue weighted by atomic mass is 10.1. The fourth-order valence-corrected chi connectivity index (χ4v) is 1.80. The Morgan fingerprint density at radius 3 is 2.59 bits per heavy atom. The van der Waals surface area contributed by atoms with Gasteiger partial charge in [-0.3, -0.25) is 9.78 Å². The number of carbonyl (C=O) groups is 2. The number of esters is 1. The normalized spacial score (nSPS) is 9.91. The zero-order valence-electron chi connectivity index (χ0n) is 12.2. The summed E-state index contributed by atoms with van der Waals surface area (Å²) in [4.78, 5) is 27.7. The predicted molar refractivity (Wildman–Crippen MR) is 78.4 cm³/mol. The summed E-state index contributed by atoms with van der Waals surface area (Å²) in [5.74, 6) is -0.0341. The quantitative estimate of drug-likeness (QED) is 0.601.